The molecule has 0 bridgehead atoms. The number of aliphatic hydroxyl groups is 3. The van der Waals surface area contributed by atoms with Crippen molar-refractivity contribution in [1.29, 1.82) is 0 Å². The highest BCUT2D eigenvalue weighted by molar-refractivity contribution is 4.80. The summed E-state index contributed by atoms with van der Waals surface area (Å²) in [6.45, 7) is 3.29. The third-order valence-corrected chi connectivity index (χ3v) is 2.85. The van der Waals surface area contributed by atoms with Crippen LogP contribution in [0.3, 0.4) is 0 Å². The zero-order valence-corrected chi connectivity index (χ0v) is 12.9. The van der Waals surface area contributed by atoms with E-state index < -0.39 is 25.4 Å². The molecule has 0 aliphatic rings. The van der Waals surface area contributed by atoms with E-state index >= 15 is 0 Å². The van der Waals surface area contributed by atoms with E-state index in [-0.39, 0.29) is 0 Å². The van der Waals surface area contributed by atoms with Crippen LogP contribution >= 0.6 is 0 Å². The van der Waals surface area contributed by atoms with E-state index in [9.17, 15) is 0 Å². The number of unbranched alkanes of at least 4 members (excludes halogenated alkanes) is 5. The van der Waals surface area contributed by atoms with Crippen LogP contribution < -0.4 is 11.5 Å². The van der Waals surface area contributed by atoms with E-state index in [1.165, 1.54) is 38.5 Å². The summed E-state index contributed by atoms with van der Waals surface area (Å²) in [7, 11) is 0. The minimum atomic E-state index is -1.21. The molecule has 0 spiro atoms. The molecule has 0 saturated carbocycles. The Morgan fingerprint density at radius 2 is 1.35 bits per heavy atom. The molecule has 0 aromatic carbocycles. The van der Waals surface area contributed by atoms with Gasteiger partial charge in [-0.2, -0.15) is 0 Å². The molecule has 0 aromatic rings. The van der Waals surface area contributed by atoms with Crippen LogP contribution in [0.15, 0.2) is 0 Å². The third kappa shape index (κ3) is 15.8. The number of hydrogen-bond acceptors (Lipinski definition) is 6. The Kier molecular flexibility index (Phi) is 18.5. The van der Waals surface area contributed by atoms with Crippen LogP contribution in [-0.4, -0.2) is 60.4 Å². The number of rotatable bonds is 12. The van der Waals surface area contributed by atoms with Crippen LogP contribution in [0.25, 0.3) is 0 Å². The SMILES string of the molecule is CCCCCCCCOCCN.NC(CO)(CO)CO. The first kappa shape index (κ1) is 22.0. The summed E-state index contributed by atoms with van der Waals surface area (Å²) in [5, 5.41) is 25.0. The normalized spacial score (nSPS) is 11.1. The molecule has 0 aliphatic carbocycles. The largest absolute Gasteiger partial charge is 0.394 e. The molecule has 7 N–H and O–H groups in total. The van der Waals surface area contributed by atoms with Gasteiger partial charge in [-0.25, -0.2) is 0 Å². The maximum Gasteiger partial charge on any atom is 0.0856 e. The topological polar surface area (TPSA) is 122 Å². The van der Waals surface area contributed by atoms with Crippen molar-refractivity contribution in [3.8, 4) is 0 Å². The van der Waals surface area contributed by atoms with E-state index in [0.29, 0.717) is 6.54 Å². The predicted molar refractivity (Wildman–Crippen MR) is 81.4 cm³/mol. The van der Waals surface area contributed by atoms with E-state index in [2.05, 4.69) is 6.92 Å². The molecule has 0 aliphatic heterocycles. The average Bonchev–Trinajstić information content (AvgIpc) is 2.50. The Labute approximate surface area is 123 Å². The smallest absolute Gasteiger partial charge is 0.0856 e. The molecule has 0 atom stereocenters. The Hall–Kier alpha value is -0.240. The Morgan fingerprint density at radius 3 is 1.75 bits per heavy atom. The van der Waals surface area contributed by atoms with Gasteiger partial charge in [-0.05, 0) is 6.42 Å². The predicted octanol–water partition coefficient (Wildman–Crippen LogP) is -0.0170. The van der Waals surface area contributed by atoms with Crippen molar-refractivity contribution in [2.45, 2.75) is 51.0 Å². The van der Waals surface area contributed by atoms with Crippen molar-refractivity contribution in [3.63, 3.8) is 0 Å². The molecule has 0 amide bonds. The van der Waals surface area contributed by atoms with Crippen molar-refractivity contribution in [2.24, 2.45) is 11.5 Å². The molecule has 124 valence electrons. The molecule has 0 fully saturated rings. The van der Waals surface area contributed by atoms with Crippen LogP contribution in [0.4, 0.5) is 0 Å². The maximum absolute atomic E-state index is 8.34. The molecular formula is C14H34N2O4. The van der Waals surface area contributed by atoms with Gasteiger partial charge in [0.15, 0.2) is 0 Å². The summed E-state index contributed by atoms with van der Waals surface area (Å²) < 4.78 is 5.26. The molecule has 0 rings (SSSR count). The first-order valence-electron chi connectivity index (χ1n) is 7.49. The summed E-state index contributed by atoms with van der Waals surface area (Å²) >= 11 is 0. The first-order chi connectivity index (χ1) is 9.60. The van der Waals surface area contributed by atoms with Crippen molar-refractivity contribution in [3.05, 3.63) is 0 Å². The Morgan fingerprint density at radius 1 is 0.850 bits per heavy atom. The summed E-state index contributed by atoms with van der Waals surface area (Å²) in [4.78, 5) is 0. The fourth-order valence-corrected chi connectivity index (χ4v) is 1.32. The van der Waals surface area contributed by atoms with Crippen molar-refractivity contribution < 1.29 is 20.1 Å². The average molecular weight is 294 g/mol. The van der Waals surface area contributed by atoms with E-state index in [0.717, 1.165) is 13.2 Å². The number of hydrogen-bond donors (Lipinski definition) is 5. The molecule has 6 heteroatoms. The minimum Gasteiger partial charge on any atom is -0.394 e. The van der Waals surface area contributed by atoms with Crippen molar-refractivity contribution >= 4 is 0 Å². The molecule has 0 radical (unpaired) electrons. The highest BCUT2D eigenvalue weighted by atomic mass is 16.5. The van der Waals surface area contributed by atoms with Gasteiger partial charge >= 0.3 is 0 Å². The highest BCUT2D eigenvalue weighted by Crippen LogP contribution is 2.04. The fourth-order valence-electron chi connectivity index (χ4n) is 1.32. The lowest BCUT2D eigenvalue weighted by molar-refractivity contribution is 0.0698. The first-order valence-corrected chi connectivity index (χ1v) is 7.49. The summed E-state index contributed by atoms with van der Waals surface area (Å²) in [5.74, 6) is 0. The van der Waals surface area contributed by atoms with Crippen molar-refractivity contribution in [1.82, 2.24) is 0 Å². The van der Waals surface area contributed by atoms with Gasteiger partial charge in [-0.3, -0.25) is 0 Å². The Bertz CT molecular complexity index is 160. The molecule has 6 nitrogen and oxygen atoms in total. The monoisotopic (exact) mass is 294 g/mol. The van der Waals surface area contributed by atoms with E-state index in [1.54, 1.807) is 0 Å². The van der Waals surface area contributed by atoms with Crippen LogP contribution in [0, 0.1) is 0 Å². The fraction of sp³-hybridized carbons (Fsp3) is 1.00. The second-order valence-corrected chi connectivity index (χ2v) is 5.01. The third-order valence-electron chi connectivity index (χ3n) is 2.85. The van der Waals surface area contributed by atoms with Gasteiger partial charge in [0.2, 0.25) is 0 Å². The number of nitrogens with two attached hydrogens (primary N) is 2. The van der Waals surface area contributed by atoms with Crippen LogP contribution in [-0.2, 0) is 4.74 Å². The van der Waals surface area contributed by atoms with Crippen LogP contribution in [0.2, 0.25) is 0 Å². The van der Waals surface area contributed by atoms with Gasteiger partial charge in [0, 0.05) is 13.2 Å². The van der Waals surface area contributed by atoms with Gasteiger partial charge in [-0.15, -0.1) is 0 Å². The number of aliphatic hydroxyl groups excluding tert-OH is 3. The molecule has 0 heterocycles. The zero-order chi connectivity index (χ0) is 15.7. The molecular weight excluding hydrogens is 260 g/mol. The second kappa shape index (κ2) is 16.8. The van der Waals surface area contributed by atoms with Crippen LogP contribution in [0.5, 0.6) is 0 Å². The lowest BCUT2D eigenvalue weighted by Gasteiger charge is -2.20. The summed E-state index contributed by atoms with van der Waals surface area (Å²) in [6.07, 6.45) is 7.95. The minimum absolute atomic E-state index is 0.403. The second-order valence-electron chi connectivity index (χ2n) is 5.01. The molecule has 0 unspecified atom stereocenters. The Balaban J connectivity index is 0. The molecule has 0 saturated heterocycles. The quantitative estimate of drug-likeness (QED) is 0.323. The van der Waals surface area contributed by atoms with Gasteiger partial charge in [0.05, 0.1) is 32.0 Å². The van der Waals surface area contributed by atoms with E-state index in [4.69, 9.17) is 31.5 Å². The van der Waals surface area contributed by atoms with Crippen molar-refractivity contribution in [2.75, 3.05) is 39.6 Å². The van der Waals surface area contributed by atoms with E-state index in [1.807, 2.05) is 0 Å². The van der Waals surface area contributed by atoms with Gasteiger partial charge in [0.25, 0.3) is 0 Å². The molecule has 0 aromatic heterocycles. The van der Waals surface area contributed by atoms with Gasteiger partial charge in [-0.1, -0.05) is 39.0 Å². The maximum atomic E-state index is 8.34. The molecule has 20 heavy (non-hydrogen) atoms. The summed E-state index contributed by atoms with van der Waals surface area (Å²) in [5.41, 5.74) is 9.22. The van der Waals surface area contributed by atoms with Crippen LogP contribution in [0.1, 0.15) is 45.4 Å². The number of ether oxygens (including phenoxy) is 1. The lowest BCUT2D eigenvalue weighted by atomic mass is 10.1. The zero-order valence-electron chi connectivity index (χ0n) is 12.9. The summed E-state index contributed by atoms with van der Waals surface area (Å²) in [6, 6.07) is 0. The van der Waals surface area contributed by atoms with Gasteiger partial charge in [0.1, 0.15) is 0 Å². The highest BCUT2D eigenvalue weighted by Gasteiger charge is 2.20. The standard InChI is InChI=1S/C10H23NO.C4H11NO3/c1-2-3-4-5-6-7-9-12-10-8-11;5-4(1-6,2-7)3-8/h2-11H2,1H3;6-8H,1-3,5H2. The lowest BCUT2D eigenvalue weighted by Crippen LogP contribution is -2.50. The van der Waals surface area contributed by atoms with Gasteiger partial charge < -0.3 is 31.5 Å².